The van der Waals surface area contributed by atoms with E-state index in [0.717, 1.165) is 6.07 Å². The summed E-state index contributed by atoms with van der Waals surface area (Å²) in [6, 6.07) is 1.15. The fourth-order valence-electron chi connectivity index (χ4n) is 0.460. The summed E-state index contributed by atoms with van der Waals surface area (Å²) in [5.41, 5.74) is 5.63. The van der Waals surface area contributed by atoms with Gasteiger partial charge in [-0.15, -0.1) is 0 Å². The molecule has 2 nitrogen and oxygen atoms in total. The van der Waals surface area contributed by atoms with E-state index < -0.39 is 5.82 Å². The molecular formula is C5H3ClFIN2. The maximum Gasteiger partial charge on any atom is 0.166 e. The molecule has 5 heteroatoms. The van der Waals surface area contributed by atoms with Gasteiger partial charge in [0.25, 0.3) is 0 Å². The molecule has 1 rings (SSSR count). The van der Waals surface area contributed by atoms with Crippen LogP contribution in [0, 0.1) is 9.52 Å². The zero-order chi connectivity index (χ0) is 7.72. The number of anilines is 1. The Kier molecular flexibility index (Phi) is 2.30. The van der Waals surface area contributed by atoms with Gasteiger partial charge in [-0.3, -0.25) is 0 Å². The normalized spacial score (nSPS) is 9.90. The highest BCUT2D eigenvalue weighted by Gasteiger charge is 2.04. The van der Waals surface area contributed by atoms with Crippen molar-refractivity contribution in [1.82, 2.24) is 4.98 Å². The molecule has 2 N–H and O–H groups in total. The lowest BCUT2D eigenvalue weighted by atomic mass is 10.4. The molecule has 10 heavy (non-hydrogen) atoms. The van der Waals surface area contributed by atoms with Crippen LogP contribution in [0.25, 0.3) is 0 Å². The fraction of sp³-hybridized carbons (Fsp3) is 0. The third-order valence-corrected chi connectivity index (χ3v) is 2.04. The highest BCUT2D eigenvalue weighted by atomic mass is 127. The average molecular weight is 272 g/mol. The number of hydrogen-bond donors (Lipinski definition) is 1. The third-order valence-electron chi connectivity index (χ3n) is 0.914. The highest BCUT2D eigenvalue weighted by Crippen LogP contribution is 2.18. The number of aromatic nitrogens is 1. The number of nitrogen functional groups attached to an aromatic ring is 1. The quantitative estimate of drug-likeness (QED) is 0.580. The van der Waals surface area contributed by atoms with Crippen molar-refractivity contribution in [1.29, 1.82) is 0 Å². The molecule has 0 fully saturated rings. The van der Waals surface area contributed by atoms with Crippen LogP contribution in [0.15, 0.2) is 6.07 Å². The second kappa shape index (κ2) is 2.87. The van der Waals surface area contributed by atoms with E-state index in [2.05, 4.69) is 4.98 Å². The van der Waals surface area contributed by atoms with Gasteiger partial charge in [-0.1, -0.05) is 11.6 Å². The monoisotopic (exact) mass is 272 g/mol. The van der Waals surface area contributed by atoms with Gasteiger partial charge in [0.2, 0.25) is 0 Å². The Hall–Kier alpha value is -0.100. The van der Waals surface area contributed by atoms with Crippen LogP contribution in [0.2, 0.25) is 5.15 Å². The van der Waals surface area contributed by atoms with Crippen molar-refractivity contribution in [3.05, 3.63) is 20.7 Å². The molecule has 1 aromatic rings. The first-order valence-corrected chi connectivity index (χ1v) is 3.84. The summed E-state index contributed by atoms with van der Waals surface area (Å²) in [4.78, 5) is 3.62. The smallest absolute Gasteiger partial charge is 0.166 e. The molecular weight excluding hydrogens is 269 g/mol. The number of rotatable bonds is 0. The minimum Gasteiger partial charge on any atom is -0.397 e. The van der Waals surface area contributed by atoms with Crippen molar-refractivity contribution in [3.63, 3.8) is 0 Å². The van der Waals surface area contributed by atoms with Crippen LogP contribution in [-0.4, -0.2) is 4.98 Å². The Morgan fingerprint density at radius 2 is 2.30 bits per heavy atom. The molecule has 0 aliphatic carbocycles. The summed E-state index contributed by atoms with van der Waals surface area (Å²) in [6.07, 6.45) is 0. The van der Waals surface area contributed by atoms with Crippen LogP contribution in [-0.2, 0) is 0 Å². The van der Waals surface area contributed by atoms with E-state index in [1.165, 1.54) is 0 Å². The van der Waals surface area contributed by atoms with E-state index in [-0.39, 0.29) is 5.15 Å². The molecule has 1 aromatic heterocycles. The molecule has 0 unspecified atom stereocenters. The van der Waals surface area contributed by atoms with Crippen molar-refractivity contribution in [2.24, 2.45) is 0 Å². The lowest BCUT2D eigenvalue weighted by molar-refractivity contribution is 0.622. The van der Waals surface area contributed by atoms with Crippen molar-refractivity contribution >= 4 is 39.9 Å². The molecule has 0 bridgehead atoms. The van der Waals surface area contributed by atoms with Crippen LogP contribution in [0.5, 0.6) is 0 Å². The molecule has 0 aliphatic heterocycles. The van der Waals surface area contributed by atoms with E-state index >= 15 is 0 Å². The van der Waals surface area contributed by atoms with Crippen LogP contribution in [0.1, 0.15) is 0 Å². The minimum atomic E-state index is -0.584. The lowest BCUT2D eigenvalue weighted by Crippen LogP contribution is -1.94. The minimum absolute atomic E-state index is 0.140. The summed E-state index contributed by atoms with van der Waals surface area (Å²) in [7, 11) is 0. The summed E-state index contributed by atoms with van der Waals surface area (Å²) in [6.45, 7) is 0. The van der Waals surface area contributed by atoms with Crippen LogP contribution >= 0.6 is 34.2 Å². The Morgan fingerprint density at radius 3 is 2.80 bits per heavy atom. The first kappa shape index (κ1) is 8.00. The predicted octanol–water partition coefficient (Wildman–Crippen LogP) is 2.06. The van der Waals surface area contributed by atoms with Gasteiger partial charge in [-0.25, -0.2) is 9.37 Å². The molecule has 0 spiro atoms. The molecule has 0 aromatic carbocycles. The lowest BCUT2D eigenvalue weighted by Gasteiger charge is -1.97. The Bertz CT molecular complexity index is 216. The van der Waals surface area contributed by atoms with Gasteiger partial charge in [-0.2, -0.15) is 0 Å². The first-order chi connectivity index (χ1) is 4.61. The summed E-state index contributed by atoms with van der Waals surface area (Å²) < 4.78 is 13.0. The maximum atomic E-state index is 12.5. The molecule has 0 amide bonds. The highest BCUT2D eigenvalue weighted by molar-refractivity contribution is 14.1. The molecule has 0 atom stereocenters. The first-order valence-electron chi connectivity index (χ1n) is 2.38. The largest absolute Gasteiger partial charge is 0.397 e. The summed E-state index contributed by atoms with van der Waals surface area (Å²) in [5.74, 6) is -0.584. The maximum absolute atomic E-state index is 12.5. The molecule has 1 heterocycles. The Balaban J connectivity index is 3.28. The molecule has 54 valence electrons. The molecule has 0 radical (unpaired) electrons. The molecule has 0 saturated heterocycles. The van der Waals surface area contributed by atoms with Gasteiger partial charge in [0.15, 0.2) is 11.0 Å². The van der Waals surface area contributed by atoms with Crippen LogP contribution < -0.4 is 5.73 Å². The van der Waals surface area contributed by atoms with Crippen LogP contribution in [0.4, 0.5) is 10.1 Å². The van der Waals surface area contributed by atoms with Gasteiger partial charge in [0, 0.05) is 6.07 Å². The second-order valence-electron chi connectivity index (χ2n) is 1.64. The van der Waals surface area contributed by atoms with E-state index in [4.69, 9.17) is 17.3 Å². The second-order valence-corrected chi connectivity index (χ2v) is 3.02. The average Bonchev–Trinajstić information content (AvgIpc) is 1.84. The molecule has 0 aliphatic rings. The molecule has 0 saturated carbocycles. The number of hydrogen-bond acceptors (Lipinski definition) is 2. The van der Waals surface area contributed by atoms with Gasteiger partial charge in [0.1, 0.15) is 3.70 Å². The van der Waals surface area contributed by atoms with E-state index in [1.807, 2.05) is 22.6 Å². The zero-order valence-electron chi connectivity index (χ0n) is 4.74. The van der Waals surface area contributed by atoms with Gasteiger partial charge in [0.05, 0.1) is 5.69 Å². The van der Waals surface area contributed by atoms with Gasteiger partial charge in [-0.05, 0) is 22.6 Å². The number of pyridine rings is 1. The fourth-order valence-corrected chi connectivity index (χ4v) is 1.14. The number of halogens is 3. The number of nitrogens with zero attached hydrogens (tertiary/aromatic N) is 1. The van der Waals surface area contributed by atoms with Crippen molar-refractivity contribution < 1.29 is 4.39 Å². The van der Waals surface area contributed by atoms with E-state index in [9.17, 15) is 4.39 Å². The number of nitrogens with two attached hydrogens (primary N) is 1. The van der Waals surface area contributed by atoms with Crippen LogP contribution in [0.3, 0.4) is 0 Å². The van der Waals surface area contributed by atoms with Crippen molar-refractivity contribution in [2.45, 2.75) is 0 Å². The SMILES string of the molecule is Nc1cc(F)c(Cl)nc1I. The van der Waals surface area contributed by atoms with Gasteiger partial charge < -0.3 is 5.73 Å². The zero-order valence-corrected chi connectivity index (χ0v) is 7.65. The third kappa shape index (κ3) is 1.49. The summed E-state index contributed by atoms with van der Waals surface area (Å²) in [5, 5.41) is -0.140. The van der Waals surface area contributed by atoms with Crippen molar-refractivity contribution in [2.75, 3.05) is 5.73 Å². The standard InChI is InChI=1S/C5H3ClFIN2/c6-4-2(7)1-3(9)5(8)10-4/h1H,9H2. The topological polar surface area (TPSA) is 38.9 Å². The summed E-state index contributed by atoms with van der Waals surface area (Å²) >= 11 is 7.22. The Labute approximate surface area is 75.7 Å². The van der Waals surface area contributed by atoms with Gasteiger partial charge >= 0.3 is 0 Å². The van der Waals surface area contributed by atoms with E-state index in [0.29, 0.717) is 9.39 Å². The Morgan fingerprint density at radius 1 is 1.70 bits per heavy atom. The van der Waals surface area contributed by atoms with Crippen molar-refractivity contribution in [3.8, 4) is 0 Å². The predicted molar refractivity (Wildman–Crippen MR) is 46.3 cm³/mol. The van der Waals surface area contributed by atoms with E-state index in [1.54, 1.807) is 0 Å².